The number of para-hydroxylation sites is 1. The lowest BCUT2D eigenvalue weighted by molar-refractivity contribution is 0.0949. The Balaban J connectivity index is 1.57. The molecule has 6 heteroatoms. The smallest absolute Gasteiger partial charge is 0.271 e. The van der Waals surface area contributed by atoms with E-state index in [1.54, 1.807) is 24.5 Å². The lowest BCUT2D eigenvalue weighted by Crippen LogP contribution is -2.26. The van der Waals surface area contributed by atoms with Crippen LogP contribution in [0, 0.1) is 0 Å². The van der Waals surface area contributed by atoms with Crippen LogP contribution in [-0.4, -0.2) is 29.8 Å². The third kappa shape index (κ3) is 3.60. The summed E-state index contributed by atoms with van der Waals surface area (Å²) in [6.07, 6.45) is 0.706. The Morgan fingerprint density at radius 2 is 2.17 bits per heavy atom. The molecular weight excluding hydrogens is 310 g/mol. The maximum atomic E-state index is 12.2. The Labute approximate surface area is 138 Å². The number of rotatable bonds is 6. The van der Waals surface area contributed by atoms with E-state index < -0.39 is 0 Å². The van der Waals surface area contributed by atoms with Gasteiger partial charge in [0.05, 0.1) is 17.7 Å². The number of aromatic amines is 1. The number of methoxy groups -OCH3 is 1. The number of hydrogen-bond acceptors (Lipinski definition) is 4. The van der Waals surface area contributed by atoms with Crippen molar-refractivity contribution < 1.29 is 9.53 Å². The number of ether oxygens (including phenoxy) is 1. The Kier molecular flexibility index (Phi) is 4.73. The Bertz CT molecular complexity index is 781. The number of hydrogen-bond donors (Lipinski definition) is 2. The number of H-pyrrole nitrogens is 1. The van der Waals surface area contributed by atoms with Crippen LogP contribution in [0.4, 0.5) is 0 Å². The average Bonchev–Trinajstić information content (AvgIpc) is 3.26. The first-order chi connectivity index (χ1) is 11.3. The van der Waals surface area contributed by atoms with Gasteiger partial charge in [0.1, 0.15) is 5.75 Å². The summed E-state index contributed by atoms with van der Waals surface area (Å²) in [6.45, 7) is 0.528. The van der Waals surface area contributed by atoms with Crippen molar-refractivity contribution in [2.75, 3.05) is 13.7 Å². The molecule has 118 valence electrons. The number of nitrogens with one attached hydrogen (secondary N) is 2. The van der Waals surface area contributed by atoms with Crippen molar-refractivity contribution in [3.8, 4) is 16.3 Å². The second-order valence-electron chi connectivity index (χ2n) is 4.96. The van der Waals surface area contributed by atoms with Crippen LogP contribution in [0.2, 0.25) is 0 Å². The van der Waals surface area contributed by atoms with E-state index in [4.69, 9.17) is 4.74 Å². The van der Waals surface area contributed by atoms with Crippen LogP contribution < -0.4 is 10.1 Å². The number of carbonyl (C=O) groups excluding carboxylic acids is 1. The van der Waals surface area contributed by atoms with Crippen LogP contribution in [0.3, 0.4) is 0 Å². The van der Waals surface area contributed by atoms with Gasteiger partial charge in [0.25, 0.3) is 5.91 Å². The zero-order valence-electron chi connectivity index (χ0n) is 12.7. The minimum Gasteiger partial charge on any atom is -0.496 e. The summed E-state index contributed by atoms with van der Waals surface area (Å²) in [4.78, 5) is 13.2. The number of carbonyl (C=O) groups is 1. The standard InChI is InChI=1S/C17H17N3O2S/c1-22-15-6-3-2-5-12(15)8-9-18-17(21)14-11-13(19-20-14)16-7-4-10-23-16/h2-7,10-11H,8-9H2,1H3,(H,18,21)(H,19,20). The fraction of sp³-hybridized carbons (Fsp3) is 0.176. The van der Waals surface area contributed by atoms with Crippen LogP contribution in [0.15, 0.2) is 47.8 Å². The van der Waals surface area contributed by atoms with Crippen molar-refractivity contribution in [3.05, 3.63) is 59.1 Å². The van der Waals surface area contributed by atoms with E-state index in [-0.39, 0.29) is 5.91 Å². The van der Waals surface area contributed by atoms with E-state index in [0.717, 1.165) is 21.9 Å². The minimum atomic E-state index is -0.182. The highest BCUT2D eigenvalue weighted by atomic mass is 32.1. The van der Waals surface area contributed by atoms with Crippen LogP contribution in [0.1, 0.15) is 16.1 Å². The van der Waals surface area contributed by atoms with Gasteiger partial charge in [-0.1, -0.05) is 24.3 Å². The fourth-order valence-electron chi connectivity index (χ4n) is 2.31. The van der Waals surface area contributed by atoms with Crippen molar-refractivity contribution in [1.29, 1.82) is 0 Å². The predicted octanol–water partition coefficient (Wildman–Crippen LogP) is 3.12. The summed E-state index contributed by atoms with van der Waals surface area (Å²) >= 11 is 1.60. The number of aromatic nitrogens is 2. The Morgan fingerprint density at radius 1 is 1.30 bits per heavy atom. The van der Waals surface area contributed by atoms with Gasteiger partial charge in [-0.3, -0.25) is 9.89 Å². The molecule has 0 atom stereocenters. The molecule has 2 N–H and O–H groups in total. The summed E-state index contributed by atoms with van der Waals surface area (Å²) in [5, 5.41) is 11.8. The molecule has 23 heavy (non-hydrogen) atoms. The minimum absolute atomic E-state index is 0.182. The van der Waals surface area contributed by atoms with Crippen molar-refractivity contribution >= 4 is 17.2 Å². The summed E-state index contributed by atoms with van der Waals surface area (Å²) in [5.74, 6) is 0.653. The van der Waals surface area contributed by atoms with Gasteiger partial charge in [-0.2, -0.15) is 5.10 Å². The number of benzene rings is 1. The zero-order chi connectivity index (χ0) is 16.1. The quantitative estimate of drug-likeness (QED) is 0.731. The third-order valence-electron chi connectivity index (χ3n) is 3.47. The number of thiophene rings is 1. The van der Waals surface area contributed by atoms with Gasteiger partial charge < -0.3 is 10.1 Å². The number of nitrogens with zero attached hydrogens (tertiary/aromatic N) is 1. The van der Waals surface area contributed by atoms with Gasteiger partial charge in [0.15, 0.2) is 5.69 Å². The molecule has 0 saturated carbocycles. The molecular formula is C17H17N3O2S. The molecule has 3 rings (SSSR count). The molecule has 0 unspecified atom stereocenters. The van der Waals surface area contributed by atoms with Crippen molar-refractivity contribution in [1.82, 2.24) is 15.5 Å². The normalized spacial score (nSPS) is 10.5. The maximum Gasteiger partial charge on any atom is 0.271 e. The molecule has 0 aliphatic heterocycles. The third-order valence-corrected chi connectivity index (χ3v) is 4.37. The summed E-state index contributed by atoms with van der Waals surface area (Å²) in [6, 6.07) is 13.5. The van der Waals surface area contributed by atoms with Crippen LogP contribution in [0.5, 0.6) is 5.75 Å². The average molecular weight is 327 g/mol. The van der Waals surface area contributed by atoms with Gasteiger partial charge in [0, 0.05) is 6.54 Å². The van der Waals surface area contributed by atoms with Crippen LogP contribution in [0.25, 0.3) is 10.6 Å². The lowest BCUT2D eigenvalue weighted by Gasteiger charge is -2.08. The highest BCUT2D eigenvalue weighted by molar-refractivity contribution is 7.13. The fourth-order valence-corrected chi connectivity index (χ4v) is 3.00. The molecule has 5 nitrogen and oxygen atoms in total. The summed E-state index contributed by atoms with van der Waals surface area (Å²) in [5.41, 5.74) is 2.32. The van der Waals surface area contributed by atoms with Crippen molar-refractivity contribution in [3.63, 3.8) is 0 Å². The second-order valence-corrected chi connectivity index (χ2v) is 5.91. The molecule has 1 aromatic carbocycles. The molecule has 3 aromatic rings. The maximum absolute atomic E-state index is 12.2. The number of amides is 1. The first-order valence-corrected chi connectivity index (χ1v) is 8.15. The molecule has 0 saturated heterocycles. The van der Waals surface area contributed by atoms with E-state index in [0.29, 0.717) is 18.7 Å². The van der Waals surface area contributed by atoms with Gasteiger partial charge in [-0.05, 0) is 35.6 Å². The molecule has 2 heterocycles. The second kappa shape index (κ2) is 7.11. The highest BCUT2D eigenvalue weighted by Crippen LogP contribution is 2.23. The Hall–Kier alpha value is -2.60. The van der Waals surface area contributed by atoms with Crippen LogP contribution >= 0.6 is 11.3 Å². The zero-order valence-corrected chi connectivity index (χ0v) is 13.5. The van der Waals surface area contributed by atoms with E-state index in [9.17, 15) is 4.79 Å². The lowest BCUT2D eigenvalue weighted by atomic mass is 10.1. The molecule has 0 radical (unpaired) electrons. The summed E-state index contributed by atoms with van der Waals surface area (Å²) < 4.78 is 5.30. The van der Waals surface area contributed by atoms with Crippen LogP contribution in [-0.2, 0) is 6.42 Å². The molecule has 0 bridgehead atoms. The molecule has 0 fully saturated rings. The van der Waals surface area contributed by atoms with Gasteiger partial charge in [-0.25, -0.2) is 0 Å². The first kappa shape index (κ1) is 15.3. The molecule has 0 aliphatic carbocycles. The van der Waals surface area contributed by atoms with Gasteiger partial charge >= 0.3 is 0 Å². The topological polar surface area (TPSA) is 67.0 Å². The largest absolute Gasteiger partial charge is 0.496 e. The van der Waals surface area contributed by atoms with Gasteiger partial charge in [0.2, 0.25) is 0 Å². The SMILES string of the molecule is COc1ccccc1CCNC(=O)c1cc(-c2cccs2)[nH]n1. The first-order valence-electron chi connectivity index (χ1n) is 7.27. The summed E-state index contributed by atoms with van der Waals surface area (Å²) in [7, 11) is 1.65. The van der Waals surface area contributed by atoms with E-state index in [1.165, 1.54) is 0 Å². The van der Waals surface area contributed by atoms with E-state index in [1.807, 2.05) is 41.8 Å². The highest BCUT2D eigenvalue weighted by Gasteiger charge is 2.11. The van der Waals surface area contributed by atoms with E-state index >= 15 is 0 Å². The molecule has 1 amide bonds. The van der Waals surface area contributed by atoms with Crippen molar-refractivity contribution in [2.24, 2.45) is 0 Å². The molecule has 0 aliphatic rings. The monoisotopic (exact) mass is 327 g/mol. The van der Waals surface area contributed by atoms with Gasteiger partial charge in [-0.15, -0.1) is 11.3 Å². The van der Waals surface area contributed by atoms with E-state index in [2.05, 4.69) is 15.5 Å². The predicted molar refractivity (Wildman–Crippen MR) is 90.9 cm³/mol. The van der Waals surface area contributed by atoms with Crippen molar-refractivity contribution in [2.45, 2.75) is 6.42 Å². The molecule has 2 aromatic heterocycles. The Morgan fingerprint density at radius 3 is 2.96 bits per heavy atom. The molecule has 0 spiro atoms.